The van der Waals surface area contributed by atoms with Gasteiger partial charge in [0, 0.05) is 4.88 Å². The third kappa shape index (κ3) is 4.15. The van der Waals surface area contributed by atoms with Crippen LogP contribution in [0.3, 0.4) is 0 Å². The molecule has 0 saturated heterocycles. The summed E-state index contributed by atoms with van der Waals surface area (Å²) in [4.78, 5) is 5.62. The second-order valence-electron chi connectivity index (χ2n) is 4.53. The maximum Gasteiger partial charge on any atom is 0.411 e. The van der Waals surface area contributed by atoms with Crippen LogP contribution in [0.4, 0.5) is 13.2 Å². The van der Waals surface area contributed by atoms with E-state index in [1.165, 1.54) is 16.2 Å². The Bertz CT molecular complexity index is 420. The van der Waals surface area contributed by atoms with Crippen LogP contribution in [0.5, 0.6) is 0 Å². The Balaban J connectivity index is 1.97. The van der Waals surface area contributed by atoms with Crippen molar-refractivity contribution in [3.05, 3.63) is 15.6 Å². The molecule has 1 unspecified atom stereocenters. The molecule has 1 heterocycles. The number of rotatable bonds is 5. The van der Waals surface area contributed by atoms with Gasteiger partial charge in [-0.3, -0.25) is 0 Å². The van der Waals surface area contributed by atoms with Crippen molar-refractivity contribution in [2.45, 2.75) is 45.0 Å². The lowest BCUT2D eigenvalue weighted by Gasteiger charge is -2.21. The average molecular weight is 294 g/mol. The first-order chi connectivity index (χ1) is 8.99. The Hall–Kier alpha value is -0.660. The second-order valence-corrected chi connectivity index (χ2v) is 5.69. The summed E-state index contributed by atoms with van der Waals surface area (Å²) in [6.45, 7) is 1.62. The zero-order valence-electron chi connectivity index (χ0n) is 10.7. The number of halogens is 3. The van der Waals surface area contributed by atoms with E-state index in [0.717, 1.165) is 31.5 Å². The molecule has 2 rings (SSSR count). The zero-order chi connectivity index (χ0) is 13.9. The van der Waals surface area contributed by atoms with E-state index in [0.29, 0.717) is 5.01 Å². The lowest BCUT2D eigenvalue weighted by atomic mass is 9.98. The Morgan fingerprint density at radius 1 is 1.47 bits per heavy atom. The van der Waals surface area contributed by atoms with Gasteiger partial charge in [0.05, 0.1) is 18.3 Å². The molecule has 0 fully saturated rings. The second kappa shape index (κ2) is 6.19. The van der Waals surface area contributed by atoms with E-state index in [-0.39, 0.29) is 12.6 Å². The van der Waals surface area contributed by atoms with Crippen molar-refractivity contribution in [3.8, 4) is 0 Å². The van der Waals surface area contributed by atoms with Crippen LogP contribution in [0, 0.1) is 0 Å². The van der Waals surface area contributed by atoms with Gasteiger partial charge in [-0.2, -0.15) is 13.2 Å². The number of fused-ring (bicyclic) bond motifs is 1. The van der Waals surface area contributed by atoms with Crippen molar-refractivity contribution in [1.82, 2.24) is 10.3 Å². The quantitative estimate of drug-likeness (QED) is 0.905. The molecule has 0 amide bonds. The molecule has 0 bridgehead atoms. The summed E-state index contributed by atoms with van der Waals surface area (Å²) in [6, 6.07) is 0.237. The number of hydrogen-bond donors (Lipinski definition) is 1. The Labute approximate surface area is 114 Å². The van der Waals surface area contributed by atoms with Crippen molar-refractivity contribution in [2.75, 3.05) is 13.2 Å². The minimum absolute atomic E-state index is 0.0595. The third-order valence-corrected chi connectivity index (χ3v) is 4.04. The Kier molecular flexibility index (Phi) is 4.81. The Morgan fingerprint density at radius 2 is 2.26 bits per heavy atom. The monoisotopic (exact) mass is 294 g/mol. The van der Waals surface area contributed by atoms with Crippen molar-refractivity contribution in [3.63, 3.8) is 0 Å². The molecule has 1 aromatic rings. The fourth-order valence-electron chi connectivity index (χ4n) is 2.23. The van der Waals surface area contributed by atoms with Crippen molar-refractivity contribution >= 4 is 11.3 Å². The topological polar surface area (TPSA) is 34.1 Å². The lowest BCUT2D eigenvalue weighted by Crippen LogP contribution is -2.24. The lowest BCUT2D eigenvalue weighted by molar-refractivity contribution is -0.176. The van der Waals surface area contributed by atoms with Crippen molar-refractivity contribution < 1.29 is 17.9 Å². The molecule has 0 saturated carbocycles. The minimum Gasteiger partial charge on any atom is -0.365 e. The molecule has 0 aliphatic heterocycles. The van der Waals surface area contributed by atoms with E-state index in [2.05, 4.69) is 15.0 Å². The summed E-state index contributed by atoms with van der Waals surface area (Å²) >= 11 is 1.47. The highest BCUT2D eigenvalue weighted by atomic mass is 32.1. The first kappa shape index (κ1) is 14.7. The predicted octanol–water partition coefficient (Wildman–Crippen LogP) is 3.21. The van der Waals surface area contributed by atoms with E-state index < -0.39 is 12.8 Å². The van der Waals surface area contributed by atoms with E-state index in [9.17, 15) is 13.2 Å². The van der Waals surface area contributed by atoms with Gasteiger partial charge in [0.25, 0.3) is 0 Å². The number of nitrogens with zero attached hydrogens (tertiary/aromatic N) is 1. The van der Waals surface area contributed by atoms with Crippen LogP contribution in [-0.4, -0.2) is 24.3 Å². The third-order valence-electron chi connectivity index (χ3n) is 2.94. The SMILES string of the molecule is CCNC1CCCc2sc(COCC(F)(F)F)nc21. The highest BCUT2D eigenvalue weighted by Crippen LogP contribution is 2.33. The summed E-state index contributed by atoms with van der Waals surface area (Å²) in [7, 11) is 0. The van der Waals surface area contributed by atoms with E-state index in [1.807, 2.05) is 6.92 Å². The molecular weight excluding hydrogens is 277 g/mol. The van der Waals surface area contributed by atoms with Gasteiger partial charge in [0.2, 0.25) is 0 Å². The van der Waals surface area contributed by atoms with Crippen LogP contribution in [0.15, 0.2) is 0 Å². The van der Waals surface area contributed by atoms with Gasteiger partial charge >= 0.3 is 6.18 Å². The number of hydrogen-bond acceptors (Lipinski definition) is 4. The molecule has 3 nitrogen and oxygen atoms in total. The largest absolute Gasteiger partial charge is 0.411 e. The molecule has 0 radical (unpaired) electrons. The standard InChI is InChI=1S/C12H17F3N2OS/c1-2-16-8-4-3-5-9-11(8)17-10(19-9)6-18-7-12(13,14)15/h8,16H,2-7H2,1H3. The van der Waals surface area contributed by atoms with Crippen molar-refractivity contribution in [1.29, 1.82) is 0 Å². The summed E-state index contributed by atoms with van der Waals surface area (Å²) in [5, 5.41) is 4.00. The maximum atomic E-state index is 12.0. The molecule has 108 valence electrons. The summed E-state index contributed by atoms with van der Waals surface area (Å²) in [5.74, 6) is 0. The molecule has 1 aliphatic carbocycles. The first-order valence-electron chi connectivity index (χ1n) is 6.36. The average Bonchev–Trinajstić information content (AvgIpc) is 2.71. The van der Waals surface area contributed by atoms with Gasteiger partial charge in [0.1, 0.15) is 11.6 Å². The van der Waals surface area contributed by atoms with E-state index in [1.54, 1.807) is 0 Å². The fourth-order valence-corrected chi connectivity index (χ4v) is 3.34. The van der Waals surface area contributed by atoms with Crippen LogP contribution in [0.2, 0.25) is 0 Å². The number of alkyl halides is 3. The van der Waals surface area contributed by atoms with Gasteiger partial charge < -0.3 is 10.1 Å². The number of aromatic nitrogens is 1. The summed E-state index contributed by atoms with van der Waals surface area (Å²) in [6.07, 6.45) is -1.18. The van der Waals surface area contributed by atoms with Crippen LogP contribution < -0.4 is 5.32 Å². The van der Waals surface area contributed by atoms with Crippen LogP contribution in [0.25, 0.3) is 0 Å². The van der Waals surface area contributed by atoms with Gasteiger partial charge in [-0.05, 0) is 25.8 Å². The molecule has 1 N–H and O–H groups in total. The molecule has 19 heavy (non-hydrogen) atoms. The molecule has 7 heteroatoms. The van der Waals surface area contributed by atoms with Gasteiger partial charge in [-0.15, -0.1) is 11.3 Å². The normalized spacial score (nSPS) is 19.5. The van der Waals surface area contributed by atoms with Gasteiger partial charge in [-0.1, -0.05) is 6.92 Å². The summed E-state index contributed by atoms with van der Waals surface area (Å²) < 4.78 is 40.6. The zero-order valence-corrected chi connectivity index (χ0v) is 11.5. The Morgan fingerprint density at radius 3 is 2.95 bits per heavy atom. The number of ether oxygens (including phenoxy) is 1. The predicted molar refractivity (Wildman–Crippen MR) is 67.2 cm³/mol. The number of aryl methyl sites for hydroxylation is 1. The molecule has 1 atom stereocenters. The van der Waals surface area contributed by atoms with Crippen LogP contribution in [-0.2, 0) is 17.8 Å². The van der Waals surface area contributed by atoms with Crippen LogP contribution in [0.1, 0.15) is 41.4 Å². The highest BCUT2D eigenvalue weighted by molar-refractivity contribution is 7.11. The van der Waals surface area contributed by atoms with Gasteiger partial charge in [0.15, 0.2) is 0 Å². The molecular formula is C12H17F3N2OS. The molecule has 1 aromatic heterocycles. The smallest absolute Gasteiger partial charge is 0.365 e. The highest BCUT2D eigenvalue weighted by Gasteiger charge is 2.28. The van der Waals surface area contributed by atoms with Crippen molar-refractivity contribution in [2.24, 2.45) is 0 Å². The molecule has 0 aromatic carbocycles. The first-order valence-corrected chi connectivity index (χ1v) is 7.17. The van der Waals surface area contributed by atoms with Gasteiger partial charge in [-0.25, -0.2) is 4.98 Å². The molecule has 0 spiro atoms. The van der Waals surface area contributed by atoms with Crippen LogP contribution >= 0.6 is 11.3 Å². The number of nitrogens with one attached hydrogen (secondary N) is 1. The maximum absolute atomic E-state index is 12.0. The minimum atomic E-state index is -4.27. The van der Waals surface area contributed by atoms with E-state index in [4.69, 9.17) is 0 Å². The number of thiazole rings is 1. The molecule has 1 aliphatic rings. The fraction of sp³-hybridized carbons (Fsp3) is 0.750. The summed E-state index contributed by atoms with van der Waals surface area (Å²) in [5.41, 5.74) is 1.00. The van der Waals surface area contributed by atoms with E-state index >= 15 is 0 Å².